The summed E-state index contributed by atoms with van der Waals surface area (Å²) in [6.07, 6.45) is 6.53. The highest BCUT2D eigenvalue weighted by Gasteiger charge is 2.36. The Kier molecular flexibility index (Phi) is 7.13. The minimum absolute atomic E-state index is 0.00326. The van der Waals surface area contributed by atoms with Crippen LogP contribution < -0.4 is 4.74 Å². The van der Waals surface area contributed by atoms with Gasteiger partial charge in [0, 0.05) is 18.1 Å². The van der Waals surface area contributed by atoms with Gasteiger partial charge in [0.05, 0.1) is 12.0 Å². The van der Waals surface area contributed by atoms with E-state index >= 15 is 0 Å². The standard InChI is InChI=1S/C23H34ClNO4/c1-17-13-19(14-18(2)21(17)24)29-16-23(28)9-6-11-25(12-10-23)20(26)15-22(27)7-4-3-5-8-22/h13-14,27-28H,3-12,15-16H2,1-2H3. The Balaban J connectivity index is 1.54. The van der Waals surface area contributed by atoms with E-state index in [1.165, 1.54) is 0 Å². The van der Waals surface area contributed by atoms with Gasteiger partial charge < -0.3 is 19.8 Å². The average molecular weight is 424 g/mol. The van der Waals surface area contributed by atoms with Gasteiger partial charge in [0.2, 0.25) is 5.91 Å². The molecule has 2 aliphatic rings. The van der Waals surface area contributed by atoms with Gasteiger partial charge in [-0.25, -0.2) is 0 Å². The van der Waals surface area contributed by atoms with Crippen LogP contribution in [0.15, 0.2) is 12.1 Å². The highest BCUT2D eigenvalue weighted by molar-refractivity contribution is 6.32. The fourth-order valence-corrected chi connectivity index (χ4v) is 4.67. The molecular formula is C23H34ClNO4. The normalized spacial score (nSPS) is 24.8. The van der Waals surface area contributed by atoms with Crippen LogP contribution in [0.3, 0.4) is 0 Å². The Hall–Kier alpha value is -1.30. The van der Waals surface area contributed by atoms with Crippen molar-refractivity contribution in [1.82, 2.24) is 4.90 Å². The van der Waals surface area contributed by atoms with E-state index in [9.17, 15) is 15.0 Å². The Bertz CT molecular complexity index is 709. The molecule has 1 aromatic rings. The van der Waals surface area contributed by atoms with Gasteiger partial charge in [0.15, 0.2) is 0 Å². The first kappa shape index (κ1) is 22.4. The van der Waals surface area contributed by atoms with Crippen molar-refractivity contribution in [2.45, 2.75) is 82.8 Å². The third kappa shape index (κ3) is 5.87. The van der Waals surface area contributed by atoms with Crippen LogP contribution in [-0.4, -0.2) is 51.9 Å². The molecule has 1 saturated carbocycles. The molecule has 0 bridgehead atoms. The second-order valence-corrected chi connectivity index (χ2v) is 9.46. The third-order valence-corrected chi connectivity index (χ3v) is 7.05. The number of benzene rings is 1. The summed E-state index contributed by atoms with van der Waals surface area (Å²) in [6.45, 7) is 5.18. The van der Waals surface area contributed by atoms with Gasteiger partial charge in [-0.15, -0.1) is 0 Å². The highest BCUT2D eigenvalue weighted by Crippen LogP contribution is 2.32. The molecule has 0 aromatic heterocycles. The molecule has 162 valence electrons. The number of carbonyl (C=O) groups excluding carboxylic acids is 1. The van der Waals surface area contributed by atoms with E-state index in [0.717, 1.165) is 41.8 Å². The molecule has 0 radical (unpaired) electrons. The predicted molar refractivity (Wildman–Crippen MR) is 114 cm³/mol. The molecule has 5 nitrogen and oxygen atoms in total. The SMILES string of the molecule is Cc1cc(OCC2(O)CCCN(C(=O)CC3(O)CCCCC3)CC2)cc(C)c1Cl. The van der Waals surface area contributed by atoms with Crippen molar-refractivity contribution < 1.29 is 19.7 Å². The van der Waals surface area contributed by atoms with Gasteiger partial charge >= 0.3 is 0 Å². The third-order valence-electron chi connectivity index (χ3n) is 6.45. The second kappa shape index (κ2) is 9.23. The van der Waals surface area contributed by atoms with Gasteiger partial charge in [-0.2, -0.15) is 0 Å². The molecule has 1 aliphatic heterocycles. The Morgan fingerprint density at radius 3 is 2.28 bits per heavy atom. The number of nitrogens with zero attached hydrogens (tertiary/aromatic N) is 1. The summed E-state index contributed by atoms with van der Waals surface area (Å²) in [4.78, 5) is 14.6. The quantitative estimate of drug-likeness (QED) is 0.745. The van der Waals surface area contributed by atoms with Crippen LogP contribution in [0.4, 0.5) is 0 Å². The minimum atomic E-state index is -0.960. The fraction of sp³-hybridized carbons (Fsp3) is 0.696. The number of rotatable bonds is 5. The van der Waals surface area contributed by atoms with Crippen molar-refractivity contribution in [3.05, 3.63) is 28.3 Å². The van der Waals surface area contributed by atoms with Gasteiger partial charge in [0.1, 0.15) is 18.0 Å². The van der Waals surface area contributed by atoms with Crippen LogP contribution in [0.25, 0.3) is 0 Å². The molecule has 6 heteroatoms. The molecule has 2 fully saturated rings. The number of ether oxygens (including phenoxy) is 1. The van der Waals surface area contributed by atoms with Crippen LogP contribution in [-0.2, 0) is 4.79 Å². The number of aryl methyl sites for hydroxylation is 2. The molecule has 1 atom stereocenters. The molecule has 0 spiro atoms. The number of hydrogen-bond donors (Lipinski definition) is 2. The zero-order valence-electron chi connectivity index (χ0n) is 17.7. The van der Waals surface area contributed by atoms with Gasteiger partial charge in [0.25, 0.3) is 0 Å². The summed E-state index contributed by atoms with van der Waals surface area (Å²) in [7, 11) is 0. The number of hydrogen-bond acceptors (Lipinski definition) is 4. The number of halogens is 1. The number of amides is 1. The summed E-state index contributed by atoms with van der Waals surface area (Å²) >= 11 is 6.21. The van der Waals surface area contributed by atoms with E-state index in [1.807, 2.05) is 26.0 Å². The Morgan fingerprint density at radius 2 is 1.62 bits per heavy atom. The zero-order chi connectivity index (χ0) is 21.1. The second-order valence-electron chi connectivity index (χ2n) is 9.08. The first-order valence-corrected chi connectivity index (χ1v) is 11.2. The molecule has 1 saturated heterocycles. The van der Waals surface area contributed by atoms with E-state index in [2.05, 4.69) is 0 Å². The lowest BCUT2D eigenvalue weighted by molar-refractivity contribution is -0.138. The summed E-state index contributed by atoms with van der Waals surface area (Å²) in [5.41, 5.74) is 0.0997. The molecule has 1 amide bonds. The summed E-state index contributed by atoms with van der Waals surface area (Å²) in [5.74, 6) is 0.707. The minimum Gasteiger partial charge on any atom is -0.491 e. The molecule has 3 rings (SSSR count). The predicted octanol–water partition coefficient (Wildman–Crippen LogP) is 4.16. The molecule has 1 unspecified atom stereocenters. The maximum atomic E-state index is 12.8. The van der Waals surface area contributed by atoms with Crippen LogP contribution in [0, 0.1) is 13.8 Å². The lowest BCUT2D eigenvalue weighted by Gasteiger charge is -2.33. The van der Waals surface area contributed by atoms with E-state index in [-0.39, 0.29) is 18.9 Å². The van der Waals surface area contributed by atoms with Gasteiger partial charge in [-0.05, 0) is 69.2 Å². The number of likely N-dealkylation sites (tertiary alicyclic amines) is 1. The maximum absolute atomic E-state index is 12.8. The van der Waals surface area contributed by atoms with Crippen LogP contribution >= 0.6 is 11.6 Å². The van der Waals surface area contributed by atoms with Crippen molar-refractivity contribution in [3.8, 4) is 5.75 Å². The van der Waals surface area contributed by atoms with E-state index < -0.39 is 11.2 Å². The van der Waals surface area contributed by atoms with Crippen molar-refractivity contribution in [3.63, 3.8) is 0 Å². The first-order chi connectivity index (χ1) is 13.7. The lowest BCUT2D eigenvalue weighted by atomic mass is 9.82. The zero-order valence-corrected chi connectivity index (χ0v) is 18.4. The highest BCUT2D eigenvalue weighted by atomic mass is 35.5. The van der Waals surface area contributed by atoms with Crippen molar-refractivity contribution in [1.29, 1.82) is 0 Å². The first-order valence-electron chi connectivity index (χ1n) is 10.8. The summed E-state index contributed by atoms with van der Waals surface area (Å²) in [5, 5.41) is 22.5. The summed E-state index contributed by atoms with van der Waals surface area (Å²) in [6, 6.07) is 3.77. The Morgan fingerprint density at radius 1 is 1.00 bits per heavy atom. The Labute approximate surface area is 179 Å². The van der Waals surface area contributed by atoms with Crippen LogP contribution in [0.5, 0.6) is 5.75 Å². The molecule has 1 heterocycles. The lowest BCUT2D eigenvalue weighted by Crippen LogP contribution is -2.42. The smallest absolute Gasteiger partial charge is 0.225 e. The van der Waals surface area contributed by atoms with Crippen molar-refractivity contribution in [2.75, 3.05) is 19.7 Å². The van der Waals surface area contributed by atoms with Gasteiger partial charge in [-0.3, -0.25) is 4.79 Å². The van der Waals surface area contributed by atoms with Gasteiger partial charge in [-0.1, -0.05) is 30.9 Å². The molecule has 1 aliphatic carbocycles. The van der Waals surface area contributed by atoms with E-state index in [0.29, 0.717) is 44.5 Å². The van der Waals surface area contributed by atoms with Crippen LogP contribution in [0.1, 0.15) is 68.9 Å². The molecular weight excluding hydrogens is 390 g/mol. The molecule has 29 heavy (non-hydrogen) atoms. The molecule has 2 N–H and O–H groups in total. The summed E-state index contributed by atoms with van der Waals surface area (Å²) < 4.78 is 5.90. The maximum Gasteiger partial charge on any atom is 0.225 e. The number of aliphatic hydroxyl groups is 2. The average Bonchev–Trinajstić information content (AvgIpc) is 2.87. The van der Waals surface area contributed by atoms with E-state index in [4.69, 9.17) is 16.3 Å². The monoisotopic (exact) mass is 423 g/mol. The fourth-order valence-electron chi connectivity index (χ4n) is 4.56. The number of carbonyl (C=O) groups is 1. The topological polar surface area (TPSA) is 70.0 Å². The van der Waals surface area contributed by atoms with Crippen molar-refractivity contribution >= 4 is 17.5 Å². The largest absolute Gasteiger partial charge is 0.491 e. The van der Waals surface area contributed by atoms with Crippen molar-refractivity contribution in [2.24, 2.45) is 0 Å². The van der Waals surface area contributed by atoms with E-state index in [1.54, 1.807) is 4.90 Å². The molecule has 1 aromatic carbocycles. The van der Waals surface area contributed by atoms with Crippen LogP contribution in [0.2, 0.25) is 5.02 Å².